The highest BCUT2D eigenvalue weighted by Crippen LogP contribution is 2.24. The lowest BCUT2D eigenvalue weighted by Gasteiger charge is -2.34. The molecule has 23 heavy (non-hydrogen) atoms. The number of carboxylic acids is 1. The molecule has 0 heterocycles. The van der Waals surface area contributed by atoms with E-state index in [2.05, 4.69) is 5.32 Å². The number of amides is 2. The van der Waals surface area contributed by atoms with Crippen molar-refractivity contribution in [1.29, 1.82) is 0 Å². The molecule has 1 aromatic rings. The summed E-state index contributed by atoms with van der Waals surface area (Å²) in [4.78, 5) is 25.0. The van der Waals surface area contributed by atoms with E-state index in [1.54, 1.807) is 0 Å². The summed E-state index contributed by atoms with van der Waals surface area (Å²) in [5, 5.41) is 11.5. The lowest BCUT2D eigenvalue weighted by Crippen LogP contribution is -2.46. The van der Waals surface area contributed by atoms with Crippen LogP contribution in [0.5, 0.6) is 0 Å². The van der Waals surface area contributed by atoms with Crippen molar-refractivity contribution in [2.75, 3.05) is 6.54 Å². The molecular weight excluding hydrogens is 292 g/mol. The van der Waals surface area contributed by atoms with E-state index in [4.69, 9.17) is 5.11 Å². The topological polar surface area (TPSA) is 69.6 Å². The molecule has 0 spiro atoms. The summed E-state index contributed by atoms with van der Waals surface area (Å²) in [6.07, 6.45) is 6.23. The van der Waals surface area contributed by atoms with E-state index < -0.39 is 5.97 Å². The molecule has 0 radical (unpaired) electrons. The van der Waals surface area contributed by atoms with Gasteiger partial charge < -0.3 is 15.3 Å². The molecule has 0 unspecified atom stereocenters. The zero-order valence-electron chi connectivity index (χ0n) is 13.5. The molecule has 5 nitrogen and oxygen atoms in total. The van der Waals surface area contributed by atoms with E-state index in [0.717, 1.165) is 18.4 Å². The van der Waals surface area contributed by atoms with Gasteiger partial charge in [0.25, 0.3) is 0 Å². The Morgan fingerprint density at radius 1 is 1.13 bits per heavy atom. The third-order valence-electron chi connectivity index (χ3n) is 4.32. The van der Waals surface area contributed by atoms with Gasteiger partial charge in [-0.05, 0) is 24.8 Å². The highest BCUT2D eigenvalue weighted by molar-refractivity contribution is 5.74. The molecule has 1 aromatic carbocycles. The first-order chi connectivity index (χ1) is 11.2. The number of carboxylic acid groups (broad SMARTS) is 1. The van der Waals surface area contributed by atoms with Crippen LogP contribution in [0.2, 0.25) is 0 Å². The van der Waals surface area contributed by atoms with E-state index >= 15 is 0 Å². The van der Waals surface area contributed by atoms with Gasteiger partial charge in [0.05, 0.1) is 0 Å². The predicted molar refractivity (Wildman–Crippen MR) is 89.1 cm³/mol. The second-order valence-corrected chi connectivity index (χ2v) is 6.13. The van der Waals surface area contributed by atoms with Gasteiger partial charge in [0.1, 0.15) is 0 Å². The summed E-state index contributed by atoms with van der Waals surface area (Å²) in [5.74, 6) is -0.826. The van der Waals surface area contributed by atoms with Crippen LogP contribution in [-0.4, -0.2) is 34.6 Å². The summed E-state index contributed by atoms with van der Waals surface area (Å²) < 4.78 is 0. The van der Waals surface area contributed by atoms with Gasteiger partial charge in [0.2, 0.25) is 0 Å². The van der Waals surface area contributed by atoms with Crippen molar-refractivity contribution >= 4 is 12.0 Å². The monoisotopic (exact) mass is 318 g/mol. The number of aliphatic carboxylic acids is 1. The average Bonchev–Trinajstić information content (AvgIpc) is 2.58. The molecule has 0 aliphatic heterocycles. The molecule has 2 amide bonds. The fraction of sp³-hybridized carbons (Fsp3) is 0.556. The second-order valence-electron chi connectivity index (χ2n) is 6.13. The minimum atomic E-state index is -0.826. The molecule has 0 aromatic heterocycles. The van der Waals surface area contributed by atoms with Crippen LogP contribution in [0.1, 0.15) is 50.5 Å². The molecule has 0 bridgehead atoms. The minimum Gasteiger partial charge on any atom is -0.481 e. The standard InChI is InChI=1S/C18H26N2O3/c21-17(22)12-7-13-19-18(23)20(16-10-5-2-6-11-16)14-15-8-3-1-4-9-15/h1,3-4,8-9,16H,2,5-7,10-14H2,(H,19,23)(H,21,22). The maximum atomic E-state index is 12.6. The van der Waals surface area contributed by atoms with Crippen molar-refractivity contribution in [1.82, 2.24) is 10.2 Å². The lowest BCUT2D eigenvalue weighted by molar-refractivity contribution is -0.137. The number of hydrogen-bond acceptors (Lipinski definition) is 2. The van der Waals surface area contributed by atoms with Crippen LogP contribution in [0.4, 0.5) is 4.79 Å². The van der Waals surface area contributed by atoms with E-state index in [1.807, 2.05) is 35.2 Å². The molecule has 1 aliphatic rings. The van der Waals surface area contributed by atoms with Crippen LogP contribution in [0.15, 0.2) is 30.3 Å². The largest absolute Gasteiger partial charge is 0.481 e. The van der Waals surface area contributed by atoms with Crippen LogP contribution < -0.4 is 5.32 Å². The Labute approximate surface area is 137 Å². The number of benzene rings is 1. The van der Waals surface area contributed by atoms with Crippen molar-refractivity contribution in [2.24, 2.45) is 0 Å². The van der Waals surface area contributed by atoms with Crippen molar-refractivity contribution in [3.8, 4) is 0 Å². The van der Waals surface area contributed by atoms with Crippen molar-refractivity contribution in [3.63, 3.8) is 0 Å². The maximum absolute atomic E-state index is 12.6. The zero-order chi connectivity index (χ0) is 16.5. The predicted octanol–water partition coefficient (Wildman–Crippen LogP) is 3.40. The van der Waals surface area contributed by atoms with Crippen LogP contribution in [0, 0.1) is 0 Å². The molecular formula is C18H26N2O3. The zero-order valence-corrected chi connectivity index (χ0v) is 13.5. The van der Waals surface area contributed by atoms with E-state index in [0.29, 0.717) is 19.5 Å². The minimum absolute atomic E-state index is 0.0776. The number of rotatable bonds is 7. The summed E-state index contributed by atoms with van der Waals surface area (Å²) in [7, 11) is 0. The number of nitrogens with zero attached hydrogens (tertiary/aromatic N) is 1. The van der Waals surface area contributed by atoms with E-state index in [9.17, 15) is 9.59 Å². The van der Waals surface area contributed by atoms with Crippen LogP contribution in [0.25, 0.3) is 0 Å². The van der Waals surface area contributed by atoms with E-state index in [1.165, 1.54) is 19.3 Å². The quantitative estimate of drug-likeness (QED) is 0.757. The fourth-order valence-corrected chi connectivity index (χ4v) is 3.08. The molecule has 2 N–H and O–H groups in total. The molecule has 0 atom stereocenters. The van der Waals surface area contributed by atoms with Crippen molar-refractivity contribution in [2.45, 2.75) is 57.5 Å². The van der Waals surface area contributed by atoms with Crippen molar-refractivity contribution < 1.29 is 14.7 Å². The van der Waals surface area contributed by atoms with Crippen LogP contribution in [-0.2, 0) is 11.3 Å². The first-order valence-corrected chi connectivity index (χ1v) is 8.47. The lowest BCUT2D eigenvalue weighted by atomic mass is 9.94. The Morgan fingerprint density at radius 3 is 2.48 bits per heavy atom. The Morgan fingerprint density at radius 2 is 1.83 bits per heavy atom. The first-order valence-electron chi connectivity index (χ1n) is 8.47. The van der Waals surface area contributed by atoms with Gasteiger partial charge in [-0.3, -0.25) is 4.79 Å². The van der Waals surface area contributed by atoms with Gasteiger partial charge >= 0.3 is 12.0 Å². The maximum Gasteiger partial charge on any atom is 0.317 e. The molecule has 1 saturated carbocycles. The van der Waals surface area contributed by atoms with Gasteiger partial charge in [-0.2, -0.15) is 0 Å². The average molecular weight is 318 g/mol. The molecule has 0 saturated heterocycles. The second kappa shape index (κ2) is 9.18. The van der Waals surface area contributed by atoms with Gasteiger partial charge in [-0.25, -0.2) is 4.79 Å². The Balaban J connectivity index is 1.94. The number of nitrogens with one attached hydrogen (secondary N) is 1. The third-order valence-corrected chi connectivity index (χ3v) is 4.32. The van der Waals surface area contributed by atoms with Crippen LogP contribution >= 0.6 is 0 Å². The Bertz CT molecular complexity index is 498. The summed E-state index contributed by atoms with van der Waals surface area (Å²) in [5.41, 5.74) is 1.12. The van der Waals surface area contributed by atoms with Gasteiger partial charge in [0, 0.05) is 25.6 Å². The summed E-state index contributed by atoms with van der Waals surface area (Å²) in [6.45, 7) is 1.01. The van der Waals surface area contributed by atoms with Crippen molar-refractivity contribution in [3.05, 3.63) is 35.9 Å². The molecule has 5 heteroatoms. The number of carbonyl (C=O) groups excluding carboxylic acids is 1. The normalized spacial score (nSPS) is 15.1. The molecule has 1 fully saturated rings. The van der Waals surface area contributed by atoms with Gasteiger partial charge in [-0.1, -0.05) is 49.6 Å². The molecule has 2 rings (SSSR count). The number of carbonyl (C=O) groups is 2. The van der Waals surface area contributed by atoms with E-state index in [-0.39, 0.29) is 18.5 Å². The highest BCUT2D eigenvalue weighted by Gasteiger charge is 2.25. The SMILES string of the molecule is O=C(O)CCCNC(=O)N(Cc1ccccc1)C1CCCCC1. The summed E-state index contributed by atoms with van der Waals surface area (Å²) in [6, 6.07) is 10.2. The third kappa shape index (κ3) is 5.93. The first kappa shape index (κ1) is 17.3. The number of urea groups is 1. The van der Waals surface area contributed by atoms with Crippen LogP contribution in [0.3, 0.4) is 0 Å². The van der Waals surface area contributed by atoms with Gasteiger partial charge in [-0.15, -0.1) is 0 Å². The molecule has 1 aliphatic carbocycles. The van der Waals surface area contributed by atoms with Gasteiger partial charge in [0.15, 0.2) is 0 Å². The summed E-state index contributed by atoms with van der Waals surface area (Å²) >= 11 is 0. The Hall–Kier alpha value is -2.04. The molecule has 126 valence electrons. The highest BCUT2D eigenvalue weighted by atomic mass is 16.4. The smallest absolute Gasteiger partial charge is 0.317 e. The fourth-order valence-electron chi connectivity index (χ4n) is 3.08. The Kier molecular flexibility index (Phi) is 6.91. The number of hydrogen-bond donors (Lipinski definition) is 2.